The second kappa shape index (κ2) is 5.10. The van der Waals surface area contributed by atoms with E-state index in [0.29, 0.717) is 10.0 Å². The Morgan fingerprint density at radius 3 is 2.09 bits per heavy atom. The highest BCUT2D eigenvalue weighted by atomic mass is 35.5. The second-order valence-corrected chi connectivity index (χ2v) is 7.18. The van der Waals surface area contributed by atoms with Crippen molar-refractivity contribution < 1.29 is 9.59 Å². The van der Waals surface area contributed by atoms with Crippen LogP contribution in [-0.2, 0) is 16.1 Å². The van der Waals surface area contributed by atoms with Gasteiger partial charge >= 0.3 is 0 Å². The predicted molar refractivity (Wildman–Crippen MR) is 84.4 cm³/mol. The van der Waals surface area contributed by atoms with Crippen molar-refractivity contribution in [3.05, 3.63) is 46.0 Å². The first-order chi connectivity index (χ1) is 10.6. The number of nitrogens with zero attached hydrogens (tertiary/aromatic N) is 1. The number of carbonyl (C=O) groups is 2. The summed E-state index contributed by atoms with van der Waals surface area (Å²) in [5.74, 6) is 0.0269. The number of benzene rings is 1. The Kier molecular flexibility index (Phi) is 3.31. The maximum Gasteiger partial charge on any atom is 0.234 e. The van der Waals surface area contributed by atoms with Crippen LogP contribution in [0.15, 0.2) is 30.4 Å². The molecule has 114 valence electrons. The van der Waals surface area contributed by atoms with Crippen LogP contribution in [0.5, 0.6) is 0 Å². The van der Waals surface area contributed by atoms with Crippen LogP contribution < -0.4 is 0 Å². The number of rotatable bonds is 2. The van der Waals surface area contributed by atoms with Crippen LogP contribution >= 0.6 is 23.2 Å². The van der Waals surface area contributed by atoms with E-state index in [1.165, 1.54) is 4.90 Å². The molecule has 5 rings (SSSR count). The van der Waals surface area contributed by atoms with E-state index in [1.54, 1.807) is 18.2 Å². The molecule has 2 amide bonds. The van der Waals surface area contributed by atoms with E-state index in [-0.39, 0.29) is 42.0 Å². The van der Waals surface area contributed by atoms with Gasteiger partial charge in [-0.25, -0.2) is 0 Å². The molecule has 1 saturated heterocycles. The van der Waals surface area contributed by atoms with Crippen LogP contribution in [0.2, 0.25) is 10.0 Å². The van der Waals surface area contributed by atoms with Gasteiger partial charge < -0.3 is 0 Å². The van der Waals surface area contributed by atoms with Crippen molar-refractivity contribution in [1.82, 2.24) is 4.90 Å². The van der Waals surface area contributed by atoms with Crippen LogP contribution in [0.4, 0.5) is 0 Å². The first kappa shape index (κ1) is 14.3. The van der Waals surface area contributed by atoms with Gasteiger partial charge in [0, 0.05) is 10.0 Å². The van der Waals surface area contributed by atoms with E-state index in [4.69, 9.17) is 23.2 Å². The average molecular weight is 336 g/mol. The van der Waals surface area contributed by atoms with Gasteiger partial charge in [0.1, 0.15) is 0 Å². The first-order valence-electron chi connectivity index (χ1n) is 7.54. The minimum Gasteiger partial charge on any atom is -0.278 e. The zero-order valence-electron chi connectivity index (χ0n) is 11.8. The summed E-state index contributed by atoms with van der Waals surface area (Å²) in [6.45, 7) is 0.236. The molecule has 5 heteroatoms. The molecule has 0 aromatic heterocycles. The Labute approximate surface area is 138 Å². The van der Waals surface area contributed by atoms with Gasteiger partial charge in [-0.3, -0.25) is 14.5 Å². The van der Waals surface area contributed by atoms with Crippen molar-refractivity contribution in [3.63, 3.8) is 0 Å². The fourth-order valence-electron chi connectivity index (χ4n) is 4.11. The van der Waals surface area contributed by atoms with E-state index < -0.39 is 0 Å². The first-order valence-corrected chi connectivity index (χ1v) is 8.29. The number of hydrogen-bond acceptors (Lipinski definition) is 2. The number of hydrogen-bond donors (Lipinski definition) is 0. The summed E-state index contributed by atoms with van der Waals surface area (Å²) in [5.41, 5.74) is 0.756. The maximum atomic E-state index is 12.7. The minimum absolute atomic E-state index is 0.0416. The van der Waals surface area contributed by atoms with Gasteiger partial charge in [0.2, 0.25) is 11.8 Å². The van der Waals surface area contributed by atoms with E-state index in [9.17, 15) is 9.59 Å². The van der Waals surface area contributed by atoms with Crippen molar-refractivity contribution in [1.29, 1.82) is 0 Å². The molecule has 1 aromatic carbocycles. The van der Waals surface area contributed by atoms with Crippen LogP contribution in [0.3, 0.4) is 0 Å². The number of imide groups is 1. The average Bonchev–Trinajstić information content (AvgIpc) is 2.78. The Balaban J connectivity index is 1.64. The topological polar surface area (TPSA) is 37.4 Å². The minimum atomic E-state index is -0.165. The second-order valence-electron chi connectivity index (χ2n) is 6.34. The number of likely N-dealkylation sites (tertiary alicyclic amines) is 1. The lowest BCUT2D eigenvalue weighted by Gasteiger charge is -2.38. The third-order valence-corrected chi connectivity index (χ3v) is 5.78. The van der Waals surface area contributed by atoms with Gasteiger partial charge in [-0.2, -0.15) is 0 Å². The molecule has 4 atom stereocenters. The SMILES string of the molecule is O=C1[C@@H]2[C@H](C(=O)N1Cc1ccc(Cl)cc1Cl)[C@H]1C=C[C@H]2CC1. The molecule has 0 radical (unpaired) electrons. The van der Waals surface area contributed by atoms with E-state index in [0.717, 1.165) is 18.4 Å². The van der Waals surface area contributed by atoms with Crippen LogP contribution in [0, 0.1) is 23.7 Å². The fourth-order valence-corrected chi connectivity index (χ4v) is 4.58. The molecular formula is C17H15Cl2NO2. The number of fused-ring (bicyclic) bond motifs is 1. The third-order valence-electron chi connectivity index (χ3n) is 5.19. The summed E-state index contributed by atoms with van der Waals surface area (Å²) >= 11 is 12.1. The highest BCUT2D eigenvalue weighted by Gasteiger charge is 2.56. The van der Waals surface area contributed by atoms with Gasteiger partial charge in [-0.1, -0.05) is 41.4 Å². The summed E-state index contributed by atoms with van der Waals surface area (Å²) in [6.07, 6.45) is 6.27. The molecule has 0 N–H and O–H groups in total. The van der Waals surface area contributed by atoms with Gasteiger partial charge in [0.05, 0.1) is 18.4 Å². The summed E-state index contributed by atoms with van der Waals surface area (Å²) in [7, 11) is 0. The lowest BCUT2D eigenvalue weighted by molar-refractivity contribution is -0.140. The molecule has 2 fully saturated rings. The van der Waals surface area contributed by atoms with Gasteiger partial charge in [0.25, 0.3) is 0 Å². The van der Waals surface area contributed by atoms with Crippen molar-refractivity contribution in [2.24, 2.45) is 23.7 Å². The lowest BCUT2D eigenvalue weighted by Crippen LogP contribution is -2.38. The molecule has 1 aromatic rings. The Morgan fingerprint density at radius 2 is 1.59 bits per heavy atom. The molecule has 2 bridgehead atoms. The van der Waals surface area contributed by atoms with Crippen LogP contribution in [0.25, 0.3) is 0 Å². The molecule has 1 heterocycles. The molecule has 22 heavy (non-hydrogen) atoms. The molecule has 1 saturated carbocycles. The number of carbonyl (C=O) groups excluding carboxylic acids is 2. The molecule has 0 unspecified atom stereocenters. The summed E-state index contributed by atoms with van der Waals surface area (Å²) in [6, 6.07) is 5.15. The molecule has 3 aliphatic carbocycles. The highest BCUT2D eigenvalue weighted by Crippen LogP contribution is 2.49. The zero-order valence-corrected chi connectivity index (χ0v) is 13.3. The Morgan fingerprint density at radius 1 is 1.00 bits per heavy atom. The smallest absolute Gasteiger partial charge is 0.234 e. The molecular weight excluding hydrogens is 321 g/mol. The van der Waals surface area contributed by atoms with E-state index >= 15 is 0 Å². The summed E-state index contributed by atoms with van der Waals surface area (Å²) in [4.78, 5) is 26.8. The largest absolute Gasteiger partial charge is 0.278 e. The fraction of sp³-hybridized carbons (Fsp3) is 0.412. The molecule has 0 spiro atoms. The summed E-state index contributed by atoms with van der Waals surface area (Å²) in [5, 5.41) is 1.04. The van der Waals surface area contributed by atoms with Crippen molar-refractivity contribution in [2.75, 3.05) is 0 Å². The van der Waals surface area contributed by atoms with Gasteiger partial charge in [-0.05, 0) is 42.4 Å². The van der Waals surface area contributed by atoms with Crippen molar-refractivity contribution >= 4 is 35.0 Å². The van der Waals surface area contributed by atoms with Crippen LogP contribution in [-0.4, -0.2) is 16.7 Å². The number of halogens is 2. The number of allylic oxidation sites excluding steroid dienone is 2. The normalized spacial score (nSPS) is 32.7. The standard InChI is InChI=1S/C17H15Cl2NO2/c18-12-6-5-11(13(19)7-12)8-20-16(21)14-9-1-2-10(4-3-9)15(14)17(20)22/h1-2,5-7,9-10,14-15H,3-4,8H2/t9-,10-,14-,15+/m0/s1. The third kappa shape index (κ3) is 2.03. The Bertz CT molecular complexity index is 668. The maximum absolute atomic E-state index is 12.7. The quantitative estimate of drug-likeness (QED) is 0.610. The molecule has 1 aliphatic heterocycles. The molecule has 4 aliphatic rings. The number of amides is 2. The van der Waals surface area contributed by atoms with Gasteiger partial charge in [0.15, 0.2) is 0 Å². The Hall–Kier alpha value is -1.32. The molecule has 3 nitrogen and oxygen atoms in total. The highest BCUT2D eigenvalue weighted by molar-refractivity contribution is 6.35. The monoisotopic (exact) mass is 335 g/mol. The van der Waals surface area contributed by atoms with Crippen LogP contribution in [0.1, 0.15) is 18.4 Å². The van der Waals surface area contributed by atoms with E-state index in [1.807, 2.05) is 0 Å². The van der Waals surface area contributed by atoms with E-state index in [2.05, 4.69) is 12.2 Å². The van der Waals surface area contributed by atoms with Crippen molar-refractivity contribution in [3.8, 4) is 0 Å². The summed E-state index contributed by atoms with van der Waals surface area (Å²) < 4.78 is 0. The predicted octanol–water partition coefficient (Wildman–Crippen LogP) is 3.69. The van der Waals surface area contributed by atoms with Crippen molar-refractivity contribution in [2.45, 2.75) is 19.4 Å². The van der Waals surface area contributed by atoms with Gasteiger partial charge in [-0.15, -0.1) is 0 Å². The zero-order chi connectivity index (χ0) is 15.4. The lowest BCUT2D eigenvalue weighted by atomic mass is 9.63.